The zero-order valence-corrected chi connectivity index (χ0v) is 11.7. The van der Waals surface area contributed by atoms with Gasteiger partial charge in [0.15, 0.2) is 0 Å². The molecular weight excluding hydrogens is 238 g/mol. The van der Waals surface area contributed by atoms with Gasteiger partial charge in [-0.05, 0) is 25.5 Å². The number of hydrogen-bond donors (Lipinski definition) is 0. The maximum atomic E-state index is 11.7. The molecule has 1 atom stereocenters. The van der Waals surface area contributed by atoms with Crippen molar-refractivity contribution in [2.45, 2.75) is 26.2 Å². The molecule has 0 aromatic heterocycles. The van der Waals surface area contributed by atoms with Gasteiger partial charge in [0.05, 0.1) is 13.0 Å². The van der Waals surface area contributed by atoms with Gasteiger partial charge < -0.3 is 9.64 Å². The number of hydrogen-bond acceptors (Lipinski definition) is 3. The van der Waals surface area contributed by atoms with E-state index in [0.717, 1.165) is 13.1 Å². The first-order valence-electron chi connectivity index (χ1n) is 6.77. The molecule has 0 N–H and O–H groups in total. The zero-order valence-electron chi connectivity index (χ0n) is 11.7. The van der Waals surface area contributed by atoms with Crippen LogP contribution in [0.2, 0.25) is 0 Å². The molecule has 1 aliphatic rings. The number of carbonyl (C=O) groups excluding carboxylic acids is 1. The van der Waals surface area contributed by atoms with Gasteiger partial charge >= 0.3 is 5.97 Å². The predicted octanol–water partition coefficient (Wildman–Crippen LogP) is 3.04. The third-order valence-corrected chi connectivity index (χ3v) is 3.47. The molecule has 3 heteroatoms. The topological polar surface area (TPSA) is 29.5 Å². The molecule has 1 unspecified atom stereocenters. The lowest BCUT2D eigenvalue weighted by molar-refractivity contribution is -0.143. The van der Waals surface area contributed by atoms with Gasteiger partial charge in [-0.2, -0.15) is 0 Å². The van der Waals surface area contributed by atoms with E-state index in [4.69, 9.17) is 4.74 Å². The van der Waals surface area contributed by atoms with Crippen LogP contribution in [0.1, 0.15) is 30.4 Å². The van der Waals surface area contributed by atoms with E-state index in [1.807, 2.05) is 13.0 Å². The molecule has 1 heterocycles. The Morgan fingerprint density at radius 2 is 2.37 bits per heavy atom. The number of carbonyl (C=O) groups is 1. The molecule has 0 saturated heterocycles. The third-order valence-electron chi connectivity index (χ3n) is 3.47. The molecule has 0 fully saturated rings. The van der Waals surface area contributed by atoms with E-state index >= 15 is 0 Å². The maximum absolute atomic E-state index is 11.7. The smallest absolute Gasteiger partial charge is 0.306 e. The highest BCUT2D eigenvalue weighted by Gasteiger charge is 2.29. The highest BCUT2D eigenvalue weighted by Crippen LogP contribution is 2.38. The Morgan fingerprint density at radius 1 is 1.58 bits per heavy atom. The number of ether oxygens (including phenoxy) is 1. The number of rotatable bonds is 5. The summed E-state index contributed by atoms with van der Waals surface area (Å²) in [6.07, 6.45) is 2.36. The number of esters is 1. The normalized spacial score (nSPS) is 17.2. The summed E-state index contributed by atoms with van der Waals surface area (Å²) in [6.45, 7) is 9.85. The van der Waals surface area contributed by atoms with E-state index in [-0.39, 0.29) is 11.9 Å². The van der Waals surface area contributed by atoms with E-state index in [1.165, 1.54) is 16.8 Å². The molecule has 1 aromatic carbocycles. The van der Waals surface area contributed by atoms with Crippen molar-refractivity contribution in [2.75, 3.05) is 24.6 Å². The van der Waals surface area contributed by atoms with Gasteiger partial charge in [0, 0.05) is 24.7 Å². The lowest BCUT2D eigenvalue weighted by atomic mass is 9.96. The van der Waals surface area contributed by atoms with Crippen LogP contribution in [0.4, 0.5) is 5.69 Å². The van der Waals surface area contributed by atoms with Gasteiger partial charge in [-0.3, -0.25) is 4.79 Å². The van der Waals surface area contributed by atoms with Crippen LogP contribution in [0.15, 0.2) is 30.9 Å². The fourth-order valence-corrected chi connectivity index (χ4v) is 2.68. The van der Waals surface area contributed by atoms with Crippen molar-refractivity contribution in [1.29, 1.82) is 0 Å². The predicted molar refractivity (Wildman–Crippen MR) is 77.6 cm³/mol. The van der Waals surface area contributed by atoms with Crippen LogP contribution in [0.5, 0.6) is 0 Å². The summed E-state index contributed by atoms with van der Waals surface area (Å²) in [5.41, 5.74) is 3.71. The van der Waals surface area contributed by atoms with Gasteiger partial charge in [-0.25, -0.2) is 0 Å². The number of fused-ring (bicyclic) bond motifs is 1. The minimum atomic E-state index is -0.111. The Hall–Kier alpha value is -1.77. The van der Waals surface area contributed by atoms with Crippen LogP contribution in [0.3, 0.4) is 0 Å². The number of nitrogens with zero attached hydrogens (tertiary/aromatic N) is 1. The molecular formula is C16H21NO2. The Kier molecular flexibility index (Phi) is 4.25. The van der Waals surface area contributed by atoms with Crippen LogP contribution >= 0.6 is 0 Å². The van der Waals surface area contributed by atoms with Gasteiger partial charge in [0.2, 0.25) is 0 Å². The SMILES string of the molecule is C=CCN1CC(CC(=O)OCC)c2cc(C)ccc21. The van der Waals surface area contributed by atoms with Crippen LogP contribution in [-0.2, 0) is 9.53 Å². The van der Waals surface area contributed by atoms with E-state index in [9.17, 15) is 4.79 Å². The number of aryl methyl sites for hydroxylation is 1. The first kappa shape index (κ1) is 13.7. The summed E-state index contributed by atoms with van der Waals surface area (Å²) in [4.78, 5) is 14.0. The van der Waals surface area contributed by atoms with Crippen molar-refractivity contribution in [3.63, 3.8) is 0 Å². The largest absolute Gasteiger partial charge is 0.466 e. The Balaban J connectivity index is 2.21. The summed E-state index contributed by atoms with van der Waals surface area (Å²) in [7, 11) is 0. The van der Waals surface area contributed by atoms with Crippen molar-refractivity contribution in [3.8, 4) is 0 Å². The first-order chi connectivity index (χ1) is 9.15. The molecule has 0 radical (unpaired) electrons. The van der Waals surface area contributed by atoms with Crippen LogP contribution in [-0.4, -0.2) is 25.7 Å². The molecule has 0 bridgehead atoms. The fraction of sp³-hybridized carbons (Fsp3) is 0.438. The highest BCUT2D eigenvalue weighted by molar-refractivity contribution is 5.73. The molecule has 0 amide bonds. The molecule has 0 spiro atoms. The average molecular weight is 259 g/mol. The summed E-state index contributed by atoms with van der Waals surface area (Å²) < 4.78 is 5.07. The summed E-state index contributed by atoms with van der Waals surface area (Å²) >= 11 is 0. The summed E-state index contributed by atoms with van der Waals surface area (Å²) in [5.74, 6) is 0.120. The minimum Gasteiger partial charge on any atom is -0.466 e. The van der Waals surface area contributed by atoms with Crippen molar-refractivity contribution in [3.05, 3.63) is 42.0 Å². The molecule has 3 nitrogen and oxygen atoms in total. The second kappa shape index (κ2) is 5.91. The van der Waals surface area contributed by atoms with Gasteiger partial charge in [0.1, 0.15) is 0 Å². The standard InChI is InChI=1S/C16H21NO2/c1-4-8-17-11-13(10-16(18)19-5-2)14-9-12(3)6-7-15(14)17/h4,6-7,9,13H,1,5,8,10-11H2,2-3H3. The van der Waals surface area contributed by atoms with E-state index in [2.05, 4.69) is 36.6 Å². The number of anilines is 1. The third kappa shape index (κ3) is 2.98. The Morgan fingerprint density at radius 3 is 3.05 bits per heavy atom. The minimum absolute atomic E-state index is 0.111. The maximum Gasteiger partial charge on any atom is 0.306 e. The lowest BCUT2D eigenvalue weighted by Crippen LogP contribution is -2.22. The van der Waals surface area contributed by atoms with Crippen molar-refractivity contribution >= 4 is 11.7 Å². The molecule has 0 aliphatic carbocycles. The van der Waals surface area contributed by atoms with Gasteiger partial charge in [-0.1, -0.05) is 23.8 Å². The number of benzene rings is 1. The van der Waals surface area contributed by atoms with Crippen molar-refractivity contribution in [2.24, 2.45) is 0 Å². The van der Waals surface area contributed by atoms with E-state index < -0.39 is 0 Å². The first-order valence-corrected chi connectivity index (χ1v) is 6.77. The van der Waals surface area contributed by atoms with Gasteiger partial charge in [0.25, 0.3) is 0 Å². The molecule has 1 aliphatic heterocycles. The Labute approximate surface area is 114 Å². The molecule has 2 rings (SSSR count). The van der Waals surface area contributed by atoms with Crippen LogP contribution in [0.25, 0.3) is 0 Å². The quantitative estimate of drug-likeness (QED) is 0.601. The van der Waals surface area contributed by atoms with Gasteiger partial charge in [-0.15, -0.1) is 6.58 Å². The molecule has 1 aromatic rings. The monoisotopic (exact) mass is 259 g/mol. The summed E-state index contributed by atoms with van der Waals surface area (Å²) in [5, 5.41) is 0. The molecule has 0 saturated carbocycles. The molecule has 102 valence electrons. The lowest BCUT2D eigenvalue weighted by Gasteiger charge is -2.17. The van der Waals surface area contributed by atoms with Crippen molar-refractivity contribution in [1.82, 2.24) is 0 Å². The van der Waals surface area contributed by atoms with E-state index in [0.29, 0.717) is 13.0 Å². The fourth-order valence-electron chi connectivity index (χ4n) is 2.68. The summed E-state index contributed by atoms with van der Waals surface area (Å²) in [6, 6.07) is 6.43. The average Bonchev–Trinajstić information content (AvgIpc) is 2.68. The van der Waals surface area contributed by atoms with Crippen LogP contribution in [0, 0.1) is 6.92 Å². The second-order valence-corrected chi connectivity index (χ2v) is 4.96. The van der Waals surface area contributed by atoms with Crippen molar-refractivity contribution < 1.29 is 9.53 Å². The molecule has 19 heavy (non-hydrogen) atoms. The van der Waals surface area contributed by atoms with Crippen LogP contribution < -0.4 is 4.90 Å². The second-order valence-electron chi connectivity index (χ2n) is 4.96. The zero-order chi connectivity index (χ0) is 13.8. The highest BCUT2D eigenvalue weighted by atomic mass is 16.5. The Bertz CT molecular complexity index is 482. The van der Waals surface area contributed by atoms with E-state index in [1.54, 1.807) is 0 Å².